The van der Waals surface area contributed by atoms with Gasteiger partial charge in [-0.1, -0.05) is 27.7 Å². The second-order valence-corrected chi connectivity index (χ2v) is 6.89. The third kappa shape index (κ3) is 3.35. The Morgan fingerprint density at radius 3 is 1.42 bits per heavy atom. The van der Waals surface area contributed by atoms with Gasteiger partial charge in [0.15, 0.2) is 0 Å². The Kier molecular flexibility index (Phi) is 5.12. The Hall–Kier alpha value is -2.16. The lowest BCUT2D eigenvalue weighted by atomic mass is 10.0. The van der Waals surface area contributed by atoms with Crippen LogP contribution in [0.1, 0.15) is 27.7 Å². The molecule has 0 aromatic rings. The van der Waals surface area contributed by atoms with Crippen LogP contribution in [0.4, 0.5) is 9.59 Å². The van der Waals surface area contributed by atoms with Gasteiger partial charge in [0.1, 0.15) is 12.1 Å². The Balaban J connectivity index is 1.97. The number of aliphatic hydroxyl groups excluding tert-OH is 1. The third-order valence-electron chi connectivity index (χ3n) is 4.23. The molecule has 0 bridgehead atoms. The van der Waals surface area contributed by atoms with E-state index in [0.29, 0.717) is 0 Å². The molecule has 3 N–H and O–H groups in total. The van der Waals surface area contributed by atoms with E-state index >= 15 is 0 Å². The first-order valence-corrected chi connectivity index (χ1v) is 8.05. The van der Waals surface area contributed by atoms with E-state index in [0.717, 1.165) is 9.80 Å². The molecule has 134 valence electrons. The zero-order chi connectivity index (χ0) is 18.2. The minimum atomic E-state index is -1.20. The summed E-state index contributed by atoms with van der Waals surface area (Å²) in [4.78, 5) is 49.9. The summed E-state index contributed by atoms with van der Waals surface area (Å²) in [6.45, 7) is 6.70. The lowest BCUT2D eigenvalue weighted by Gasteiger charge is -2.22. The molecule has 2 aliphatic heterocycles. The second-order valence-electron chi connectivity index (χ2n) is 6.89. The average molecular weight is 340 g/mol. The van der Waals surface area contributed by atoms with Crippen LogP contribution in [-0.2, 0) is 9.59 Å². The molecule has 2 atom stereocenters. The van der Waals surface area contributed by atoms with Crippen molar-refractivity contribution < 1.29 is 24.3 Å². The summed E-state index contributed by atoms with van der Waals surface area (Å²) in [5.41, 5.74) is 0. The molecule has 0 saturated carbocycles. The molecule has 0 aliphatic carbocycles. The first-order chi connectivity index (χ1) is 11.1. The van der Waals surface area contributed by atoms with Gasteiger partial charge in [-0.05, 0) is 11.8 Å². The minimum absolute atomic E-state index is 0.0682. The lowest BCUT2D eigenvalue weighted by molar-refractivity contribution is -0.130. The zero-order valence-electron chi connectivity index (χ0n) is 14.3. The predicted octanol–water partition coefficient (Wildman–Crippen LogP) is -0.500. The van der Waals surface area contributed by atoms with Crippen molar-refractivity contribution in [1.82, 2.24) is 20.4 Å². The van der Waals surface area contributed by atoms with Crippen LogP contribution in [-0.4, -0.2) is 70.1 Å². The predicted molar refractivity (Wildman–Crippen MR) is 83.7 cm³/mol. The van der Waals surface area contributed by atoms with E-state index in [9.17, 15) is 24.3 Å². The van der Waals surface area contributed by atoms with Crippen molar-refractivity contribution in [2.75, 3.05) is 13.1 Å². The van der Waals surface area contributed by atoms with Crippen molar-refractivity contribution in [3.8, 4) is 0 Å². The minimum Gasteiger partial charge on any atom is -0.389 e. The van der Waals surface area contributed by atoms with E-state index in [2.05, 4.69) is 10.6 Å². The number of nitrogens with one attached hydrogen (secondary N) is 2. The first-order valence-electron chi connectivity index (χ1n) is 8.05. The van der Waals surface area contributed by atoms with Crippen LogP contribution < -0.4 is 10.6 Å². The number of β-amino-alcohol motifs (C(OH)–C–C–N with tert-alkyl or cyclic N) is 1. The highest BCUT2D eigenvalue weighted by Gasteiger charge is 2.43. The number of aliphatic hydroxyl groups is 1. The molecule has 2 heterocycles. The molecule has 0 spiro atoms. The standard InChI is InChI=1S/C15H24N4O5/c1-7(2)10-12(21)18(14(23)16-10)5-9(20)6-19-13(22)11(8(3)4)17-15(19)24/h7-11,20H,5-6H2,1-4H3,(H,16,23)(H,17,24). The van der Waals surface area contributed by atoms with Crippen molar-refractivity contribution in [2.24, 2.45) is 11.8 Å². The van der Waals surface area contributed by atoms with Crippen LogP contribution in [0.5, 0.6) is 0 Å². The van der Waals surface area contributed by atoms with Crippen molar-refractivity contribution in [3.05, 3.63) is 0 Å². The average Bonchev–Trinajstić information content (AvgIpc) is 2.92. The van der Waals surface area contributed by atoms with E-state index in [1.165, 1.54) is 0 Å². The molecule has 9 nitrogen and oxygen atoms in total. The normalized spacial score (nSPS) is 25.8. The van der Waals surface area contributed by atoms with Gasteiger partial charge in [0.25, 0.3) is 11.8 Å². The largest absolute Gasteiger partial charge is 0.389 e. The number of carbonyl (C=O) groups is 4. The molecule has 2 saturated heterocycles. The van der Waals surface area contributed by atoms with Crippen LogP contribution in [0.2, 0.25) is 0 Å². The summed E-state index contributed by atoms with van der Waals surface area (Å²) in [7, 11) is 0. The van der Waals surface area contributed by atoms with E-state index in [4.69, 9.17) is 0 Å². The Labute approximate surface area is 140 Å². The number of carbonyl (C=O) groups excluding carboxylic acids is 4. The van der Waals surface area contributed by atoms with Gasteiger partial charge < -0.3 is 15.7 Å². The summed E-state index contributed by atoms with van der Waals surface area (Å²) >= 11 is 0. The van der Waals surface area contributed by atoms with Gasteiger partial charge in [0, 0.05) is 0 Å². The highest BCUT2D eigenvalue weighted by molar-refractivity contribution is 6.05. The van der Waals surface area contributed by atoms with Gasteiger partial charge in [-0.15, -0.1) is 0 Å². The summed E-state index contributed by atoms with van der Waals surface area (Å²) in [5, 5.41) is 15.3. The Morgan fingerprint density at radius 2 is 1.17 bits per heavy atom. The number of urea groups is 2. The fourth-order valence-corrected chi connectivity index (χ4v) is 2.81. The van der Waals surface area contributed by atoms with E-state index < -0.39 is 42.1 Å². The van der Waals surface area contributed by atoms with Gasteiger partial charge in [0.05, 0.1) is 19.2 Å². The number of hydrogen-bond acceptors (Lipinski definition) is 5. The van der Waals surface area contributed by atoms with Crippen LogP contribution in [0.3, 0.4) is 0 Å². The maximum atomic E-state index is 12.2. The molecule has 2 aliphatic rings. The molecule has 2 fully saturated rings. The van der Waals surface area contributed by atoms with Gasteiger partial charge in [-0.2, -0.15) is 0 Å². The molecule has 6 amide bonds. The Bertz CT molecular complexity index is 514. The molecule has 24 heavy (non-hydrogen) atoms. The third-order valence-corrected chi connectivity index (χ3v) is 4.23. The molecule has 2 rings (SSSR count). The second kappa shape index (κ2) is 6.76. The topological polar surface area (TPSA) is 119 Å². The van der Waals surface area contributed by atoms with E-state index in [-0.39, 0.29) is 24.9 Å². The van der Waals surface area contributed by atoms with E-state index in [1.54, 1.807) is 0 Å². The number of hydrogen-bond donors (Lipinski definition) is 3. The van der Waals surface area contributed by atoms with Crippen molar-refractivity contribution >= 4 is 23.9 Å². The lowest BCUT2D eigenvalue weighted by Crippen LogP contribution is -2.45. The SMILES string of the molecule is CC(C)C1NC(=O)N(CC(O)CN2C(=O)NC(C(C)C)C2=O)C1=O. The smallest absolute Gasteiger partial charge is 0.324 e. The quantitative estimate of drug-likeness (QED) is 0.563. The fraction of sp³-hybridized carbons (Fsp3) is 0.733. The summed E-state index contributed by atoms with van der Waals surface area (Å²) in [6.07, 6.45) is -1.20. The Morgan fingerprint density at radius 1 is 0.833 bits per heavy atom. The van der Waals surface area contributed by atoms with Crippen LogP contribution in [0, 0.1) is 11.8 Å². The summed E-state index contributed by atoms with van der Waals surface area (Å²) in [5.74, 6) is -0.958. The maximum absolute atomic E-state index is 12.2. The van der Waals surface area contributed by atoms with Gasteiger partial charge in [-0.3, -0.25) is 19.4 Å². The first kappa shape index (κ1) is 18.2. The van der Waals surface area contributed by atoms with Crippen LogP contribution in [0.25, 0.3) is 0 Å². The monoisotopic (exact) mass is 340 g/mol. The van der Waals surface area contributed by atoms with Crippen molar-refractivity contribution in [1.29, 1.82) is 0 Å². The number of imide groups is 2. The highest BCUT2D eigenvalue weighted by atomic mass is 16.3. The van der Waals surface area contributed by atoms with Crippen LogP contribution in [0.15, 0.2) is 0 Å². The maximum Gasteiger partial charge on any atom is 0.324 e. The van der Waals surface area contributed by atoms with Crippen molar-refractivity contribution in [3.63, 3.8) is 0 Å². The number of nitrogens with zero attached hydrogens (tertiary/aromatic N) is 2. The molecule has 0 aromatic heterocycles. The van der Waals surface area contributed by atoms with Gasteiger partial charge in [-0.25, -0.2) is 9.59 Å². The van der Waals surface area contributed by atoms with Crippen molar-refractivity contribution in [2.45, 2.75) is 45.9 Å². The number of rotatable bonds is 6. The molecule has 0 radical (unpaired) electrons. The molecule has 2 unspecified atom stereocenters. The fourth-order valence-electron chi connectivity index (χ4n) is 2.81. The van der Waals surface area contributed by atoms with Crippen LogP contribution >= 0.6 is 0 Å². The molecular weight excluding hydrogens is 316 g/mol. The highest BCUT2D eigenvalue weighted by Crippen LogP contribution is 2.16. The molecular formula is C15H24N4O5. The van der Waals surface area contributed by atoms with Gasteiger partial charge >= 0.3 is 12.1 Å². The number of amides is 6. The summed E-state index contributed by atoms with van der Waals surface area (Å²) < 4.78 is 0. The zero-order valence-corrected chi connectivity index (χ0v) is 14.3. The molecule has 9 heteroatoms. The van der Waals surface area contributed by atoms with Gasteiger partial charge in [0.2, 0.25) is 0 Å². The summed E-state index contributed by atoms with van der Waals surface area (Å²) in [6, 6.07) is -2.39. The van der Waals surface area contributed by atoms with E-state index in [1.807, 2.05) is 27.7 Å². The molecule has 0 aromatic carbocycles.